The van der Waals surface area contributed by atoms with E-state index in [1.54, 1.807) is 19.1 Å². The van der Waals surface area contributed by atoms with Crippen LogP contribution in [0.5, 0.6) is 0 Å². The summed E-state index contributed by atoms with van der Waals surface area (Å²) >= 11 is 11.6. The van der Waals surface area contributed by atoms with Gasteiger partial charge in [0.05, 0.1) is 4.92 Å². The molecule has 0 unspecified atom stereocenters. The summed E-state index contributed by atoms with van der Waals surface area (Å²) in [7, 11) is 0. The van der Waals surface area contributed by atoms with Gasteiger partial charge < -0.3 is 5.32 Å². The van der Waals surface area contributed by atoms with Gasteiger partial charge in [-0.05, 0) is 36.8 Å². The summed E-state index contributed by atoms with van der Waals surface area (Å²) in [5.74, 6) is -0.770. The van der Waals surface area contributed by atoms with Crippen LogP contribution in [-0.4, -0.2) is 15.8 Å². The molecule has 0 saturated heterocycles. The van der Waals surface area contributed by atoms with Crippen molar-refractivity contribution in [3.05, 3.63) is 61.7 Å². The van der Waals surface area contributed by atoms with Crippen LogP contribution in [0.3, 0.4) is 0 Å². The molecule has 2 rings (SSSR count). The molecule has 1 heterocycles. The van der Waals surface area contributed by atoms with Crippen LogP contribution < -0.4 is 5.32 Å². The molecule has 0 aliphatic heterocycles. The number of benzene rings is 1. The number of anilines is 1. The molecule has 0 radical (unpaired) electrons. The molecule has 0 bridgehead atoms. The van der Waals surface area contributed by atoms with Crippen LogP contribution >= 0.6 is 23.2 Å². The topological polar surface area (TPSA) is 85.1 Å². The van der Waals surface area contributed by atoms with Crippen LogP contribution in [0.1, 0.15) is 15.9 Å². The number of rotatable bonds is 3. The van der Waals surface area contributed by atoms with Gasteiger partial charge in [-0.25, -0.2) is 4.98 Å². The number of pyridine rings is 1. The molecule has 1 aromatic heterocycles. The maximum absolute atomic E-state index is 12.1. The normalized spacial score (nSPS) is 10.2. The molecule has 1 aromatic carbocycles. The number of carbonyl (C=O) groups excluding carboxylic acids is 1. The summed E-state index contributed by atoms with van der Waals surface area (Å²) < 4.78 is 0. The maximum atomic E-state index is 12.1. The molecule has 0 atom stereocenters. The van der Waals surface area contributed by atoms with Crippen LogP contribution in [-0.2, 0) is 0 Å². The predicted molar refractivity (Wildman–Crippen MR) is 80.0 cm³/mol. The van der Waals surface area contributed by atoms with Crippen molar-refractivity contribution >= 4 is 40.6 Å². The Hall–Kier alpha value is -2.18. The Morgan fingerprint density at radius 2 is 2.00 bits per heavy atom. The van der Waals surface area contributed by atoms with Crippen molar-refractivity contribution in [2.75, 3.05) is 5.32 Å². The van der Waals surface area contributed by atoms with Crippen molar-refractivity contribution in [2.24, 2.45) is 0 Å². The fourth-order valence-corrected chi connectivity index (χ4v) is 2.15. The number of aryl methyl sites for hydroxylation is 1. The van der Waals surface area contributed by atoms with E-state index in [1.165, 1.54) is 18.2 Å². The number of nitrogens with one attached hydrogen (secondary N) is 1. The van der Waals surface area contributed by atoms with E-state index in [0.29, 0.717) is 5.02 Å². The number of halogens is 2. The Kier molecular flexibility index (Phi) is 4.40. The summed E-state index contributed by atoms with van der Waals surface area (Å²) in [4.78, 5) is 26.2. The number of hydrogen-bond acceptors (Lipinski definition) is 4. The first-order valence-corrected chi connectivity index (χ1v) is 6.52. The van der Waals surface area contributed by atoms with Crippen LogP contribution in [0.2, 0.25) is 10.2 Å². The van der Waals surface area contributed by atoms with Crippen molar-refractivity contribution in [3.63, 3.8) is 0 Å². The lowest BCUT2D eigenvalue weighted by Crippen LogP contribution is -2.14. The standard InChI is InChI=1S/C13H9Cl2N3O3/c1-7-4-8(6-9(14)5-7)13(19)17-12-10(18(20)21)2-3-11(15)16-12/h2-6H,1H3,(H,16,17,19). The highest BCUT2D eigenvalue weighted by Gasteiger charge is 2.19. The molecule has 0 fully saturated rings. The first-order valence-electron chi connectivity index (χ1n) is 5.76. The van der Waals surface area contributed by atoms with Gasteiger partial charge in [-0.1, -0.05) is 23.2 Å². The number of aromatic nitrogens is 1. The summed E-state index contributed by atoms with van der Waals surface area (Å²) in [6, 6.07) is 7.21. The molecule has 21 heavy (non-hydrogen) atoms. The van der Waals surface area contributed by atoms with Crippen LogP contribution in [0.15, 0.2) is 30.3 Å². The van der Waals surface area contributed by atoms with Gasteiger partial charge in [0.25, 0.3) is 5.91 Å². The van der Waals surface area contributed by atoms with E-state index < -0.39 is 10.8 Å². The number of nitro groups is 1. The van der Waals surface area contributed by atoms with Crippen LogP contribution in [0.4, 0.5) is 11.5 Å². The third kappa shape index (κ3) is 3.68. The fraction of sp³-hybridized carbons (Fsp3) is 0.0769. The third-order valence-corrected chi connectivity index (χ3v) is 3.00. The number of amides is 1. The SMILES string of the molecule is Cc1cc(Cl)cc(C(=O)Nc2nc(Cl)ccc2[N+](=O)[O-])c1. The monoisotopic (exact) mass is 325 g/mol. The van der Waals surface area contributed by atoms with E-state index in [1.807, 2.05) is 0 Å². The molecular formula is C13H9Cl2N3O3. The zero-order chi connectivity index (χ0) is 15.6. The van der Waals surface area contributed by atoms with Crippen LogP contribution in [0, 0.1) is 17.0 Å². The van der Waals surface area contributed by atoms with Gasteiger partial charge in [-0.15, -0.1) is 0 Å². The first-order chi connectivity index (χ1) is 9.86. The van der Waals surface area contributed by atoms with Gasteiger partial charge in [0.15, 0.2) is 0 Å². The lowest BCUT2D eigenvalue weighted by atomic mass is 10.1. The van der Waals surface area contributed by atoms with E-state index in [0.717, 1.165) is 5.56 Å². The van der Waals surface area contributed by atoms with Crippen molar-refractivity contribution in [1.29, 1.82) is 0 Å². The molecular weight excluding hydrogens is 317 g/mol. The molecule has 6 nitrogen and oxygen atoms in total. The average Bonchev–Trinajstić information content (AvgIpc) is 2.37. The Morgan fingerprint density at radius 3 is 2.62 bits per heavy atom. The molecule has 1 N–H and O–H groups in total. The molecule has 0 aliphatic carbocycles. The zero-order valence-corrected chi connectivity index (χ0v) is 12.3. The lowest BCUT2D eigenvalue weighted by Gasteiger charge is -2.06. The average molecular weight is 326 g/mol. The maximum Gasteiger partial charge on any atom is 0.311 e. The third-order valence-electron chi connectivity index (χ3n) is 2.57. The van der Waals surface area contributed by atoms with E-state index in [9.17, 15) is 14.9 Å². The number of nitrogens with zero attached hydrogens (tertiary/aromatic N) is 2. The Labute approximate surface area is 129 Å². The first kappa shape index (κ1) is 15.2. The van der Waals surface area contributed by atoms with Crippen molar-refractivity contribution in [2.45, 2.75) is 6.92 Å². The van der Waals surface area contributed by atoms with Gasteiger partial charge in [0.1, 0.15) is 5.15 Å². The largest absolute Gasteiger partial charge is 0.311 e. The predicted octanol–water partition coefficient (Wildman–Crippen LogP) is 3.86. The Balaban J connectivity index is 2.35. The van der Waals surface area contributed by atoms with Gasteiger partial charge in [0, 0.05) is 16.7 Å². The highest BCUT2D eigenvalue weighted by atomic mass is 35.5. The second-order valence-corrected chi connectivity index (χ2v) is 5.05. The molecule has 2 aromatic rings. The molecule has 0 spiro atoms. The molecule has 0 aliphatic rings. The second-order valence-electron chi connectivity index (χ2n) is 4.23. The van der Waals surface area contributed by atoms with Gasteiger partial charge in [-0.2, -0.15) is 0 Å². The number of hydrogen-bond donors (Lipinski definition) is 1. The number of carbonyl (C=O) groups is 1. The van der Waals surface area contributed by atoms with Crippen molar-refractivity contribution in [3.8, 4) is 0 Å². The minimum absolute atomic E-state index is 0.0400. The summed E-state index contributed by atoms with van der Waals surface area (Å²) in [5.41, 5.74) is 0.726. The quantitative estimate of drug-likeness (QED) is 0.527. The van der Waals surface area contributed by atoms with E-state index >= 15 is 0 Å². The minimum atomic E-state index is -0.651. The highest BCUT2D eigenvalue weighted by molar-refractivity contribution is 6.31. The highest BCUT2D eigenvalue weighted by Crippen LogP contribution is 2.25. The van der Waals surface area contributed by atoms with Crippen molar-refractivity contribution < 1.29 is 9.72 Å². The minimum Gasteiger partial charge on any atom is -0.301 e. The van der Waals surface area contributed by atoms with E-state index in [4.69, 9.17) is 23.2 Å². The second kappa shape index (κ2) is 6.07. The van der Waals surface area contributed by atoms with Crippen molar-refractivity contribution in [1.82, 2.24) is 4.98 Å². The molecule has 1 amide bonds. The summed E-state index contributed by atoms with van der Waals surface area (Å²) in [5, 5.41) is 13.7. The van der Waals surface area contributed by atoms with E-state index in [2.05, 4.69) is 10.3 Å². The van der Waals surface area contributed by atoms with Gasteiger partial charge in [0.2, 0.25) is 5.82 Å². The molecule has 108 valence electrons. The van der Waals surface area contributed by atoms with Crippen LogP contribution in [0.25, 0.3) is 0 Å². The lowest BCUT2D eigenvalue weighted by molar-refractivity contribution is -0.384. The fourth-order valence-electron chi connectivity index (χ4n) is 1.71. The van der Waals surface area contributed by atoms with E-state index in [-0.39, 0.29) is 22.2 Å². The molecule has 0 saturated carbocycles. The summed E-state index contributed by atoms with van der Waals surface area (Å²) in [6.07, 6.45) is 0. The van der Waals surface area contributed by atoms with Gasteiger partial charge in [-0.3, -0.25) is 14.9 Å². The molecule has 8 heteroatoms. The smallest absolute Gasteiger partial charge is 0.301 e. The summed E-state index contributed by atoms with van der Waals surface area (Å²) in [6.45, 7) is 1.78. The zero-order valence-electron chi connectivity index (χ0n) is 10.8. The Bertz CT molecular complexity index is 714. The van der Waals surface area contributed by atoms with Gasteiger partial charge >= 0.3 is 5.69 Å². The Morgan fingerprint density at radius 1 is 1.29 bits per heavy atom.